The van der Waals surface area contributed by atoms with Crippen LogP contribution in [0.15, 0.2) is 40.9 Å². The number of aliphatic hydroxyl groups excluding tert-OH is 1. The van der Waals surface area contributed by atoms with Crippen LogP contribution in [0.25, 0.3) is 0 Å². The first kappa shape index (κ1) is 18.9. The second kappa shape index (κ2) is 7.06. The lowest BCUT2D eigenvalue weighted by molar-refractivity contribution is 0.0148. The minimum absolute atomic E-state index is 0.0576. The number of aliphatic hydroxyl groups is 1. The lowest BCUT2D eigenvalue weighted by atomic mass is 9.79. The zero-order valence-electron chi connectivity index (χ0n) is 13.7. The zero-order chi connectivity index (χ0) is 19.1. The molecule has 0 radical (unpaired) electrons. The topological polar surface area (TPSA) is 70.0 Å². The van der Waals surface area contributed by atoms with E-state index in [0.29, 0.717) is 15.6 Å². The molecule has 0 spiro atoms. The van der Waals surface area contributed by atoms with Crippen molar-refractivity contribution in [2.75, 3.05) is 20.2 Å². The Bertz CT molecular complexity index is 851. The molecule has 0 saturated carbocycles. The van der Waals surface area contributed by atoms with E-state index >= 15 is 0 Å². The number of amides is 1. The van der Waals surface area contributed by atoms with E-state index in [0.717, 1.165) is 11.0 Å². The van der Waals surface area contributed by atoms with E-state index in [1.165, 1.54) is 7.05 Å². The predicted molar refractivity (Wildman–Crippen MR) is 98.3 cm³/mol. The molecule has 0 fully saturated rings. The van der Waals surface area contributed by atoms with Crippen LogP contribution in [-0.4, -0.2) is 41.4 Å². The van der Waals surface area contributed by atoms with Crippen LogP contribution in [0.3, 0.4) is 0 Å². The van der Waals surface area contributed by atoms with Gasteiger partial charge in [0.25, 0.3) is 0 Å². The molecule has 2 aromatic carbocycles. The number of carbonyl (C=O) groups is 1. The van der Waals surface area contributed by atoms with Crippen molar-refractivity contribution >= 4 is 33.6 Å². The van der Waals surface area contributed by atoms with Crippen molar-refractivity contribution in [3.05, 3.63) is 62.8 Å². The van der Waals surface area contributed by atoms with Crippen LogP contribution >= 0.6 is 27.5 Å². The second-order valence-corrected chi connectivity index (χ2v) is 7.30. The molecule has 2 aromatic rings. The lowest BCUT2D eigenvalue weighted by Gasteiger charge is -2.37. The summed E-state index contributed by atoms with van der Waals surface area (Å²) < 4.78 is 20.5. The van der Waals surface area contributed by atoms with Crippen LogP contribution in [0.4, 0.5) is 9.18 Å². The Balaban J connectivity index is 2.22. The highest BCUT2D eigenvalue weighted by Crippen LogP contribution is 2.54. The summed E-state index contributed by atoms with van der Waals surface area (Å²) in [5.41, 5.74) is -0.0289. The SMILES string of the molecule is CN(C[C@]1(c2ccccc2)Oc2cc(F)c(Cl)c(Br)c2[C@@H]1CO)C(=O)O. The van der Waals surface area contributed by atoms with Crippen molar-refractivity contribution in [2.45, 2.75) is 11.5 Å². The van der Waals surface area contributed by atoms with E-state index < -0.39 is 23.4 Å². The first-order chi connectivity index (χ1) is 12.3. The van der Waals surface area contributed by atoms with Crippen LogP contribution in [-0.2, 0) is 5.60 Å². The van der Waals surface area contributed by atoms with Crippen LogP contribution in [0.1, 0.15) is 17.0 Å². The van der Waals surface area contributed by atoms with E-state index in [1.54, 1.807) is 24.3 Å². The minimum Gasteiger partial charge on any atom is -0.480 e. The van der Waals surface area contributed by atoms with Gasteiger partial charge in [-0.2, -0.15) is 0 Å². The van der Waals surface area contributed by atoms with Gasteiger partial charge < -0.3 is 19.8 Å². The summed E-state index contributed by atoms with van der Waals surface area (Å²) >= 11 is 9.30. The summed E-state index contributed by atoms with van der Waals surface area (Å²) in [7, 11) is 1.41. The highest BCUT2D eigenvalue weighted by molar-refractivity contribution is 9.10. The van der Waals surface area contributed by atoms with Crippen LogP contribution in [0.2, 0.25) is 5.02 Å². The maximum Gasteiger partial charge on any atom is 0.407 e. The Morgan fingerprint density at radius 1 is 1.42 bits per heavy atom. The molecule has 8 heteroatoms. The smallest absolute Gasteiger partial charge is 0.407 e. The number of rotatable bonds is 4. The minimum atomic E-state index is -1.22. The van der Waals surface area contributed by atoms with Crippen LogP contribution in [0.5, 0.6) is 5.75 Å². The fraction of sp³-hybridized carbons (Fsp3) is 0.278. The highest BCUT2D eigenvalue weighted by atomic mass is 79.9. The largest absolute Gasteiger partial charge is 0.480 e. The summed E-state index contributed by atoms with van der Waals surface area (Å²) in [6, 6.07) is 10.1. The van der Waals surface area contributed by atoms with Crippen molar-refractivity contribution in [3.8, 4) is 5.75 Å². The molecule has 1 aliphatic heterocycles. The molecule has 0 aliphatic carbocycles. The Morgan fingerprint density at radius 2 is 2.08 bits per heavy atom. The molecule has 1 aliphatic rings. The number of nitrogens with zero attached hydrogens (tertiary/aromatic N) is 1. The molecule has 0 saturated heterocycles. The zero-order valence-corrected chi connectivity index (χ0v) is 16.1. The van der Waals surface area contributed by atoms with Gasteiger partial charge in [0.05, 0.1) is 24.1 Å². The van der Waals surface area contributed by atoms with Crippen molar-refractivity contribution in [3.63, 3.8) is 0 Å². The molecule has 1 amide bonds. The summed E-state index contributed by atoms with van der Waals surface area (Å²) in [4.78, 5) is 12.5. The van der Waals surface area contributed by atoms with Gasteiger partial charge in [-0.15, -0.1) is 0 Å². The number of fused-ring (bicyclic) bond motifs is 1. The molecule has 5 nitrogen and oxygen atoms in total. The Kier molecular flexibility index (Phi) is 5.14. The Hall–Kier alpha value is -1.83. The van der Waals surface area contributed by atoms with Crippen LogP contribution < -0.4 is 4.74 Å². The number of carboxylic acid groups (broad SMARTS) is 1. The van der Waals surface area contributed by atoms with Gasteiger partial charge in [0.2, 0.25) is 0 Å². The number of hydrogen-bond donors (Lipinski definition) is 2. The summed E-state index contributed by atoms with van der Waals surface area (Å²) in [6.07, 6.45) is -1.14. The Labute approximate surface area is 163 Å². The van der Waals surface area contributed by atoms with Gasteiger partial charge in [0, 0.05) is 23.2 Å². The number of ether oxygens (including phenoxy) is 1. The van der Waals surface area contributed by atoms with Gasteiger partial charge in [-0.05, 0) is 21.5 Å². The molecule has 0 aromatic heterocycles. The number of hydrogen-bond acceptors (Lipinski definition) is 3. The lowest BCUT2D eigenvalue weighted by Crippen LogP contribution is -2.47. The van der Waals surface area contributed by atoms with Crippen molar-refractivity contribution < 1.29 is 24.1 Å². The standard InChI is InChI=1S/C18H16BrClFNO4/c1-22(17(24)25)9-18(10-5-3-2-4-6-10)11(8-23)14-13(26-18)7-12(21)16(20)15(14)19/h2-7,11,23H,8-9H2,1H3,(H,24,25)/t11-,18+/m0/s1. The molecular weight excluding hydrogens is 429 g/mol. The average molecular weight is 445 g/mol. The fourth-order valence-electron chi connectivity index (χ4n) is 3.37. The van der Waals surface area contributed by atoms with Crippen molar-refractivity contribution in [2.24, 2.45) is 0 Å². The maximum atomic E-state index is 14.1. The van der Waals surface area contributed by atoms with E-state index in [9.17, 15) is 19.4 Å². The first-order valence-corrected chi connectivity index (χ1v) is 8.95. The molecule has 1 heterocycles. The monoisotopic (exact) mass is 443 g/mol. The predicted octanol–water partition coefficient (Wildman–Crippen LogP) is 4.22. The van der Waals surface area contributed by atoms with E-state index in [2.05, 4.69) is 15.9 Å². The quantitative estimate of drug-likeness (QED) is 0.693. The maximum absolute atomic E-state index is 14.1. The third-order valence-corrected chi connectivity index (χ3v) is 6.03. The molecule has 0 unspecified atom stereocenters. The molecule has 26 heavy (non-hydrogen) atoms. The second-order valence-electron chi connectivity index (χ2n) is 6.13. The van der Waals surface area contributed by atoms with E-state index in [-0.39, 0.29) is 23.9 Å². The van der Waals surface area contributed by atoms with Gasteiger partial charge >= 0.3 is 6.09 Å². The summed E-state index contributed by atoms with van der Waals surface area (Å²) in [5, 5.41) is 19.4. The molecule has 3 rings (SSSR count). The van der Waals surface area contributed by atoms with Gasteiger partial charge in [-0.3, -0.25) is 0 Å². The van der Waals surface area contributed by atoms with Crippen molar-refractivity contribution in [1.82, 2.24) is 4.90 Å². The van der Waals surface area contributed by atoms with E-state index in [4.69, 9.17) is 16.3 Å². The summed E-state index contributed by atoms with van der Waals surface area (Å²) in [5.74, 6) is -1.08. The van der Waals surface area contributed by atoms with Gasteiger partial charge in [-0.25, -0.2) is 9.18 Å². The number of halogens is 3. The van der Waals surface area contributed by atoms with Gasteiger partial charge in [0.15, 0.2) is 5.60 Å². The summed E-state index contributed by atoms with van der Waals surface area (Å²) in [6.45, 7) is -0.395. The molecule has 0 bridgehead atoms. The van der Waals surface area contributed by atoms with Crippen molar-refractivity contribution in [1.29, 1.82) is 0 Å². The molecule has 2 N–H and O–H groups in total. The third-order valence-electron chi connectivity index (χ3n) is 4.61. The average Bonchev–Trinajstić information content (AvgIpc) is 2.94. The fourth-order valence-corrected chi connectivity index (χ4v) is 4.19. The highest BCUT2D eigenvalue weighted by Gasteiger charge is 2.52. The molecule has 2 atom stereocenters. The number of likely N-dealkylation sites (N-methyl/N-ethyl adjacent to an activating group) is 1. The van der Waals surface area contributed by atoms with E-state index in [1.807, 2.05) is 6.07 Å². The number of benzene rings is 2. The third kappa shape index (κ3) is 2.94. The van der Waals surface area contributed by atoms with Gasteiger partial charge in [0.1, 0.15) is 11.6 Å². The van der Waals surface area contributed by atoms with Crippen LogP contribution in [0, 0.1) is 5.82 Å². The first-order valence-electron chi connectivity index (χ1n) is 7.78. The van der Waals surface area contributed by atoms with Gasteiger partial charge in [-0.1, -0.05) is 41.9 Å². The molecular formula is C18H16BrClFNO4. The molecule has 138 valence electrons. The Morgan fingerprint density at radius 3 is 2.65 bits per heavy atom. The normalized spacial score (nSPS) is 21.2.